The number of anilines is 1. The van der Waals surface area contributed by atoms with Crippen molar-refractivity contribution in [3.05, 3.63) is 78.6 Å². The van der Waals surface area contributed by atoms with Crippen LogP contribution < -0.4 is 19.5 Å². The molecule has 0 radical (unpaired) electrons. The number of fused-ring (bicyclic) bond motifs is 2. The highest BCUT2D eigenvalue weighted by molar-refractivity contribution is 6.14. The monoisotopic (exact) mass is 429 g/mol. The molecule has 0 bridgehead atoms. The highest BCUT2D eigenvalue weighted by Gasteiger charge is 2.22. The van der Waals surface area contributed by atoms with Gasteiger partial charge in [-0.05, 0) is 35.9 Å². The molecule has 1 N–H and O–H groups in total. The van der Waals surface area contributed by atoms with Crippen molar-refractivity contribution in [3.8, 4) is 17.2 Å². The number of nitrogens with one attached hydrogen (secondary N) is 1. The Kier molecular flexibility index (Phi) is 5.37. The smallest absolute Gasteiger partial charge is 0.260 e. The van der Waals surface area contributed by atoms with E-state index in [9.17, 15) is 4.79 Å². The molecule has 0 spiro atoms. The normalized spacial score (nSPS) is 14.8. The van der Waals surface area contributed by atoms with Gasteiger partial charge in [0.2, 0.25) is 0 Å². The summed E-state index contributed by atoms with van der Waals surface area (Å²) in [6.45, 7) is 3.31. The first-order valence-electron chi connectivity index (χ1n) is 10.6. The van der Waals surface area contributed by atoms with E-state index in [1.165, 1.54) is 0 Å². The van der Waals surface area contributed by atoms with Crippen LogP contribution in [0.5, 0.6) is 17.2 Å². The second-order valence-corrected chi connectivity index (χ2v) is 7.50. The number of hydrogen-bond donors (Lipinski definition) is 1. The Morgan fingerprint density at radius 1 is 1.12 bits per heavy atom. The first-order valence-corrected chi connectivity index (χ1v) is 10.6. The first-order chi connectivity index (χ1) is 15.7. The molecule has 2 heterocycles. The summed E-state index contributed by atoms with van der Waals surface area (Å²) in [4.78, 5) is 13.2. The van der Waals surface area contributed by atoms with Crippen molar-refractivity contribution in [3.63, 3.8) is 0 Å². The SMILES string of the molecule is CCOc1ccc2ccccc2c1C(=O)Nc1cnn(C[C@@H]2COc3ccccc3O2)c1. The van der Waals surface area contributed by atoms with E-state index in [1.807, 2.05) is 67.6 Å². The first kappa shape index (κ1) is 19.9. The fourth-order valence-corrected chi connectivity index (χ4v) is 3.84. The molecule has 1 amide bonds. The predicted molar refractivity (Wildman–Crippen MR) is 122 cm³/mol. The highest BCUT2D eigenvalue weighted by atomic mass is 16.6. The van der Waals surface area contributed by atoms with Crippen LogP contribution in [0.15, 0.2) is 73.1 Å². The van der Waals surface area contributed by atoms with Gasteiger partial charge in [0.05, 0.1) is 30.6 Å². The van der Waals surface area contributed by atoms with Crippen molar-refractivity contribution in [2.75, 3.05) is 18.5 Å². The summed E-state index contributed by atoms with van der Waals surface area (Å²) in [5.74, 6) is 1.79. The second-order valence-electron chi connectivity index (χ2n) is 7.50. The number of ether oxygens (including phenoxy) is 3. The van der Waals surface area contributed by atoms with Crippen molar-refractivity contribution < 1.29 is 19.0 Å². The number of carbonyl (C=O) groups excluding carboxylic acids is 1. The fourth-order valence-electron chi connectivity index (χ4n) is 3.84. The molecule has 1 aromatic heterocycles. The van der Waals surface area contributed by atoms with Crippen molar-refractivity contribution in [1.82, 2.24) is 9.78 Å². The topological polar surface area (TPSA) is 74.6 Å². The van der Waals surface area contributed by atoms with Gasteiger partial charge in [-0.3, -0.25) is 9.48 Å². The van der Waals surface area contributed by atoms with Crippen molar-refractivity contribution >= 4 is 22.4 Å². The van der Waals surface area contributed by atoms with E-state index in [-0.39, 0.29) is 12.0 Å². The highest BCUT2D eigenvalue weighted by Crippen LogP contribution is 2.31. The summed E-state index contributed by atoms with van der Waals surface area (Å²) in [7, 11) is 0. The molecule has 5 rings (SSSR count). The lowest BCUT2D eigenvalue weighted by Crippen LogP contribution is -2.33. The van der Waals surface area contributed by atoms with Crippen LogP contribution >= 0.6 is 0 Å². The average molecular weight is 429 g/mol. The molecule has 1 atom stereocenters. The molecule has 1 aliphatic rings. The minimum atomic E-state index is -0.240. The van der Waals surface area contributed by atoms with E-state index < -0.39 is 0 Å². The van der Waals surface area contributed by atoms with Crippen LogP contribution in [-0.2, 0) is 6.54 Å². The Hall–Kier alpha value is -4.00. The van der Waals surface area contributed by atoms with Crippen molar-refractivity contribution in [2.24, 2.45) is 0 Å². The third-order valence-electron chi connectivity index (χ3n) is 5.27. The molecule has 0 saturated heterocycles. The fraction of sp³-hybridized carbons (Fsp3) is 0.200. The number of benzene rings is 3. The number of nitrogens with zero attached hydrogens (tertiary/aromatic N) is 2. The Balaban J connectivity index is 1.32. The molecule has 3 aromatic carbocycles. The number of carbonyl (C=O) groups is 1. The largest absolute Gasteiger partial charge is 0.493 e. The molecule has 32 heavy (non-hydrogen) atoms. The Morgan fingerprint density at radius 3 is 2.81 bits per heavy atom. The zero-order valence-electron chi connectivity index (χ0n) is 17.7. The summed E-state index contributed by atoms with van der Waals surface area (Å²) in [5, 5.41) is 9.14. The van der Waals surface area contributed by atoms with Gasteiger partial charge in [0.1, 0.15) is 12.4 Å². The number of amides is 1. The quantitative estimate of drug-likeness (QED) is 0.488. The van der Waals surface area contributed by atoms with E-state index in [4.69, 9.17) is 14.2 Å². The van der Waals surface area contributed by atoms with Gasteiger partial charge in [0.25, 0.3) is 5.91 Å². The van der Waals surface area contributed by atoms with Gasteiger partial charge in [-0.1, -0.05) is 42.5 Å². The predicted octanol–water partition coefficient (Wildman–Crippen LogP) is 4.53. The van der Waals surface area contributed by atoms with Gasteiger partial charge < -0.3 is 19.5 Å². The standard InChI is InChI=1S/C25H23N3O4/c1-2-30-23-12-11-17-7-3-4-8-20(17)24(23)25(29)27-18-13-26-28(14-18)15-19-16-31-21-9-5-6-10-22(21)32-19/h3-14,19H,2,15-16H2,1H3,(H,27,29)/t19-/m1/s1. The molecular formula is C25H23N3O4. The average Bonchev–Trinajstić information content (AvgIpc) is 3.25. The minimum Gasteiger partial charge on any atom is -0.493 e. The van der Waals surface area contributed by atoms with Crippen LogP contribution in [0, 0.1) is 0 Å². The molecule has 7 nitrogen and oxygen atoms in total. The lowest BCUT2D eigenvalue weighted by molar-refractivity contribution is 0.0759. The Bertz CT molecular complexity index is 1270. The molecule has 0 aliphatic carbocycles. The van der Waals surface area contributed by atoms with Crippen molar-refractivity contribution in [1.29, 1.82) is 0 Å². The van der Waals surface area contributed by atoms with Crippen LogP contribution in [0.2, 0.25) is 0 Å². The molecule has 162 valence electrons. The lowest BCUT2D eigenvalue weighted by atomic mass is 10.0. The maximum Gasteiger partial charge on any atom is 0.260 e. The van der Waals surface area contributed by atoms with E-state index >= 15 is 0 Å². The zero-order chi connectivity index (χ0) is 21.9. The molecular weight excluding hydrogens is 406 g/mol. The summed E-state index contributed by atoms with van der Waals surface area (Å²) >= 11 is 0. The Labute approximate surface area is 185 Å². The molecule has 0 fully saturated rings. The number of rotatable bonds is 6. The van der Waals surface area contributed by atoms with Gasteiger partial charge in [0.15, 0.2) is 17.6 Å². The van der Waals surface area contributed by atoms with Gasteiger partial charge in [-0.25, -0.2) is 0 Å². The summed E-state index contributed by atoms with van der Waals surface area (Å²) in [5.41, 5.74) is 1.11. The number of hydrogen-bond acceptors (Lipinski definition) is 5. The summed E-state index contributed by atoms with van der Waals surface area (Å²) in [6, 6.07) is 19.2. The maximum atomic E-state index is 13.2. The molecule has 4 aromatic rings. The van der Waals surface area contributed by atoms with Crippen LogP contribution in [0.4, 0.5) is 5.69 Å². The van der Waals surface area contributed by atoms with Crippen LogP contribution in [0.3, 0.4) is 0 Å². The van der Waals surface area contributed by atoms with Crippen molar-refractivity contribution in [2.45, 2.75) is 19.6 Å². The van der Waals surface area contributed by atoms with Gasteiger partial charge in [-0.15, -0.1) is 0 Å². The Morgan fingerprint density at radius 2 is 1.94 bits per heavy atom. The molecule has 0 unspecified atom stereocenters. The molecule has 0 saturated carbocycles. The van der Waals surface area contributed by atoms with Gasteiger partial charge in [0, 0.05) is 6.20 Å². The van der Waals surface area contributed by atoms with Gasteiger partial charge in [-0.2, -0.15) is 5.10 Å². The lowest BCUT2D eigenvalue weighted by Gasteiger charge is -2.26. The van der Waals surface area contributed by atoms with Crippen LogP contribution in [-0.4, -0.2) is 35.0 Å². The summed E-state index contributed by atoms with van der Waals surface area (Å²) in [6.07, 6.45) is 3.24. The minimum absolute atomic E-state index is 0.170. The maximum absolute atomic E-state index is 13.2. The van der Waals surface area contributed by atoms with E-state index in [2.05, 4.69) is 10.4 Å². The third-order valence-corrected chi connectivity index (χ3v) is 5.27. The zero-order valence-corrected chi connectivity index (χ0v) is 17.7. The van der Waals surface area contributed by atoms with E-state index in [0.29, 0.717) is 36.8 Å². The third kappa shape index (κ3) is 3.97. The van der Waals surface area contributed by atoms with Gasteiger partial charge >= 0.3 is 0 Å². The van der Waals surface area contributed by atoms with Crippen LogP contribution in [0.25, 0.3) is 10.8 Å². The molecule has 1 aliphatic heterocycles. The molecule has 7 heteroatoms. The number of para-hydroxylation sites is 2. The number of aromatic nitrogens is 2. The second kappa shape index (κ2) is 8.63. The van der Waals surface area contributed by atoms with Crippen LogP contribution in [0.1, 0.15) is 17.3 Å². The summed E-state index contributed by atoms with van der Waals surface area (Å²) < 4.78 is 19.2. The van der Waals surface area contributed by atoms with E-state index in [1.54, 1.807) is 17.1 Å². The van der Waals surface area contributed by atoms with E-state index in [0.717, 1.165) is 22.3 Å².